The molecule has 0 aliphatic heterocycles. The summed E-state index contributed by atoms with van der Waals surface area (Å²) in [6, 6.07) is 5.66. The topological polar surface area (TPSA) is 20.2 Å². The molecule has 0 saturated carbocycles. The highest BCUT2D eigenvalue weighted by Gasteiger charge is 2.00. The molecule has 0 radical (unpaired) electrons. The van der Waals surface area contributed by atoms with Crippen molar-refractivity contribution in [3.05, 3.63) is 33.3 Å². The van der Waals surface area contributed by atoms with Gasteiger partial charge in [0.25, 0.3) is 0 Å². The Morgan fingerprint density at radius 3 is 2.92 bits per heavy atom. The van der Waals surface area contributed by atoms with Gasteiger partial charge in [0.05, 0.1) is 0 Å². The largest absolute Gasteiger partial charge is 0.330 e. The first kappa shape index (κ1) is 10.4. The van der Waals surface area contributed by atoms with Gasteiger partial charge in [-0.15, -0.1) is 0 Å². The molecular weight excluding hydrogens is 260 g/mol. The lowest BCUT2D eigenvalue weighted by atomic mass is 10.2. The fourth-order valence-electron chi connectivity index (χ4n) is 0.890. The van der Waals surface area contributed by atoms with E-state index in [0.29, 0.717) is 5.75 Å². The summed E-state index contributed by atoms with van der Waals surface area (Å²) >= 11 is 10.1. The van der Waals surface area contributed by atoms with Crippen molar-refractivity contribution in [1.82, 2.24) is 0 Å². The molecule has 0 amide bonds. The van der Waals surface area contributed by atoms with Gasteiger partial charge < -0.3 is 4.55 Å². The molecule has 0 unspecified atom stereocenters. The number of hydrogen-bond donors (Lipinski definition) is 1. The first-order chi connectivity index (χ1) is 5.74. The van der Waals surface area contributed by atoms with Crippen LogP contribution in [0.2, 0.25) is 5.02 Å². The maximum Gasteiger partial charge on any atom is 0.0409 e. The zero-order valence-corrected chi connectivity index (χ0v) is 9.42. The monoisotopic (exact) mass is 266 g/mol. The molecule has 0 aliphatic rings. The van der Waals surface area contributed by atoms with Crippen LogP contribution in [0.15, 0.2) is 22.7 Å². The Hall–Kier alpha value is 0.300. The van der Waals surface area contributed by atoms with Gasteiger partial charge in [-0.3, -0.25) is 0 Å². The van der Waals surface area contributed by atoms with Gasteiger partial charge in [-0.25, -0.2) is 0 Å². The third-order valence-corrected chi connectivity index (χ3v) is 2.87. The van der Waals surface area contributed by atoms with Gasteiger partial charge in [-0.2, -0.15) is 0 Å². The molecule has 0 atom stereocenters. The van der Waals surface area contributed by atoms with Gasteiger partial charge in [-0.1, -0.05) is 27.5 Å². The van der Waals surface area contributed by atoms with E-state index in [-0.39, 0.29) is 0 Å². The zero-order chi connectivity index (χ0) is 8.97. The maximum absolute atomic E-state index is 8.56. The van der Waals surface area contributed by atoms with Crippen LogP contribution in [-0.4, -0.2) is 10.3 Å². The van der Waals surface area contributed by atoms with E-state index in [0.717, 1.165) is 33.5 Å². The lowest BCUT2D eigenvalue weighted by Gasteiger charge is -2.02. The summed E-state index contributed by atoms with van der Waals surface area (Å²) in [4.78, 5) is 0. The first-order valence-electron chi connectivity index (χ1n) is 3.44. The lowest BCUT2D eigenvalue weighted by Crippen LogP contribution is -1.89. The lowest BCUT2D eigenvalue weighted by molar-refractivity contribution is 0.663. The van der Waals surface area contributed by atoms with E-state index in [1.165, 1.54) is 0 Å². The van der Waals surface area contributed by atoms with Crippen LogP contribution in [0.25, 0.3) is 0 Å². The van der Waals surface area contributed by atoms with E-state index in [9.17, 15) is 0 Å². The molecular formula is C8H8BrClOS. The van der Waals surface area contributed by atoms with E-state index in [4.69, 9.17) is 16.2 Å². The Morgan fingerprint density at radius 1 is 1.50 bits per heavy atom. The van der Waals surface area contributed by atoms with Crippen LogP contribution in [-0.2, 0) is 6.42 Å². The predicted octanol–water partition coefficient (Wildman–Crippen LogP) is 3.85. The number of halogens is 2. The number of rotatable bonds is 3. The molecule has 1 N–H and O–H groups in total. The molecule has 1 aromatic carbocycles. The van der Waals surface area contributed by atoms with Crippen LogP contribution in [0.4, 0.5) is 0 Å². The van der Waals surface area contributed by atoms with Gasteiger partial charge in [0.2, 0.25) is 0 Å². The van der Waals surface area contributed by atoms with Gasteiger partial charge in [0.1, 0.15) is 0 Å². The molecule has 0 fully saturated rings. The van der Waals surface area contributed by atoms with Crippen LogP contribution in [0, 0.1) is 0 Å². The van der Waals surface area contributed by atoms with Crippen molar-refractivity contribution in [3.8, 4) is 0 Å². The second-order valence-corrected chi connectivity index (χ2v) is 4.28. The summed E-state index contributed by atoms with van der Waals surface area (Å²) < 4.78 is 9.60. The summed E-state index contributed by atoms with van der Waals surface area (Å²) in [6.45, 7) is 0. The van der Waals surface area contributed by atoms with Crippen LogP contribution >= 0.6 is 39.6 Å². The highest BCUT2D eigenvalue weighted by Crippen LogP contribution is 2.22. The average molecular weight is 268 g/mol. The molecule has 1 aromatic rings. The number of hydrogen-bond acceptors (Lipinski definition) is 2. The predicted molar refractivity (Wildman–Crippen MR) is 57.9 cm³/mol. The Balaban J connectivity index is 2.75. The van der Waals surface area contributed by atoms with E-state index in [1.54, 1.807) is 0 Å². The minimum absolute atomic E-state index is 0.693. The van der Waals surface area contributed by atoms with E-state index in [2.05, 4.69) is 15.9 Å². The minimum Gasteiger partial charge on any atom is -0.330 e. The highest BCUT2D eigenvalue weighted by molar-refractivity contribution is 9.10. The standard InChI is InChI=1S/C8H8BrClOS/c9-8-2-1-7(10)5-6(8)3-4-12-11/h1-2,5,11H,3-4H2. The van der Waals surface area contributed by atoms with Crippen LogP contribution in [0.3, 0.4) is 0 Å². The first-order valence-corrected chi connectivity index (χ1v) is 5.55. The van der Waals surface area contributed by atoms with Gasteiger partial charge in [0, 0.05) is 15.2 Å². The fraction of sp³-hybridized carbons (Fsp3) is 0.250. The van der Waals surface area contributed by atoms with E-state index < -0.39 is 0 Å². The molecule has 0 aromatic heterocycles. The number of benzene rings is 1. The molecule has 12 heavy (non-hydrogen) atoms. The van der Waals surface area contributed by atoms with Crippen molar-refractivity contribution in [3.63, 3.8) is 0 Å². The van der Waals surface area contributed by atoms with Crippen molar-refractivity contribution in [2.45, 2.75) is 6.42 Å². The smallest absolute Gasteiger partial charge is 0.0409 e. The molecule has 0 aliphatic carbocycles. The Kier molecular flexibility index (Phi) is 4.43. The maximum atomic E-state index is 8.56. The fourth-order valence-corrected chi connectivity index (χ4v) is 1.84. The Morgan fingerprint density at radius 2 is 2.25 bits per heavy atom. The van der Waals surface area contributed by atoms with E-state index >= 15 is 0 Å². The van der Waals surface area contributed by atoms with Gasteiger partial charge >= 0.3 is 0 Å². The number of aryl methyl sites for hydroxylation is 1. The summed E-state index contributed by atoms with van der Waals surface area (Å²) in [6.07, 6.45) is 0.822. The average Bonchev–Trinajstić information content (AvgIpc) is 2.07. The Labute approximate surface area is 89.5 Å². The highest BCUT2D eigenvalue weighted by atomic mass is 79.9. The summed E-state index contributed by atoms with van der Waals surface area (Å²) in [5.74, 6) is 0.693. The van der Waals surface area contributed by atoms with E-state index in [1.807, 2.05) is 18.2 Å². The third kappa shape index (κ3) is 2.98. The van der Waals surface area contributed by atoms with Crippen molar-refractivity contribution in [2.24, 2.45) is 0 Å². The van der Waals surface area contributed by atoms with Crippen LogP contribution < -0.4 is 0 Å². The summed E-state index contributed by atoms with van der Waals surface area (Å²) in [5, 5.41) is 0.733. The molecule has 0 bridgehead atoms. The van der Waals surface area contributed by atoms with Gasteiger partial charge in [0.15, 0.2) is 0 Å². The van der Waals surface area contributed by atoms with Crippen molar-refractivity contribution >= 4 is 39.6 Å². The molecule has 0 spiro atoms. The molecule has 4 heteroatoms. The van der Waals surface area contributed by atoms with Gasteiger partial charge in [-0.05, 0) is 42.2 Å². The van der Waals surface area contributed by atoms with Crippen molar-refractivity contribution < 1.29 is 4.55 Å². The molecule has 66 valence electrons. The van der Waals surface area contributed by atoms with Crippen molar-refractivity contribution in [1.29, 1.82) is 0 Å². The van der Waals surface area contributed by atoms with Crippen LogP contribution in [0.1, 0.15) is 5.56 Å². The zero-order valence-electron chi connectivity index (χ0n) is 6.26. The van der Waals surface area contributed by atoms with Crippen molar-refractivity contribution in [2.75, 3.05) is 5.75 Å². The Bertz CT molecular complexity index is 267. The minimum atomic E-state index is 0.693. The summed E-state index contributed by atoms with van der Waals surface area (Å²) in [5.41, 5.74) is 1.13. The molecule has 0 heterocycles. The molecule has 1 rings (SSSR count). The summed E-state index contributed by atoms with van der Waals surface area (Å²) in [7, 11) is 0. The quantitative estimate of drug-likeness (QED) is 0.840. The van der Waals surface area contributed by atoms with Crippen LogP contribution in [0.5, 0.6) is 0 Å². The third-order valence-electron chi connectivity index (χ3n) is 1.47. The normalized spacial score (nSPS) is 10.2. The second-order valence-electron chi connectivity index (χ2n) is 2.32. The molecule has 1 nitrogen and oxygen atoms in total. The second kappa shape index (κ2) is 5.12. The SMILES string of the molecule is OSCCc1cc(Cl)ccc1Br. The molecule has 0 saturated heterocycles.